The van der Waals surface area contributed by atoms with Crippen molar-refractivity contribution >= 4 is 45.3 Å². The highest BCUT2D eigenvalue weighted by atomic mass is 35.5. The Morgan fingerprint density at radius 2 is 1.73 bits per heavy atom. The highest BCUT2D eigenvalue weighted by Crippen LogP contribution is 2.29. The maximum absolute atomic E-state index is 13.0. The molecule has 0 unspecified atom stereocenters. The van der Waals surface area contributed by atoms with Crippen LogP contribution in [0.4, 0.5) is 0 Å². The Bertz CT molecular complexity index is 1570. The lowest BCUT2D eigenvalue weighted by Gasteiger charge is -2.12. The van der Waals surface area contributed by atoms with E-state index in [-0.39, 0.29) is 12.1 Å². The third kappa shape index (κ3) is 4.23. The van der Waals surface area contributed by atoms with Gasteiger partial charge in [-0.3, -0.25) is 9.36 Å². The molecule has 2 aromatic heterocycles. The van der Waals surface area contributed by atoms with E-state index >= 15 is 0 Å². The molecule has 0 spiro atoms. The van der Waals surface area contributed by atoms with Crippen LogP contribution in [0.5, 0.6) is 0 Å². The van der Waals surface area contributed by atoms with Crippen molar-refractivity contribution in [3.8, 4) is 6.07 Å². The highest BCUT2D eigenvalue weighted by molar-refractivity contribution is 7.98. The van der Waals surface area contributed by atoms with Crippen LogP contribution in [-0.2, 0) is 18.8 Å². The molecule has 0 aliphatic rings. The van der Waals surface area contributed by atoms with E-state index in [4.69, 9.17) is 16.6 Å². The van der Waals surface area contributed by atoms with Gasteiger partial charge in [-0.15, -0.1) is 0 Å². The van der Waals surface area contributed by atoms with Crippen LogP contribution < -0.4 is 5.56 Å². The van der Waals surface area contributed by atoms with Crippen LogP contribution >= 0.6 is 23.4 Å². The van der Waals surface area contributed by atoms with E-state index < -0.39 is 0 Å². The van der Waals surface area contributed by atoms with Crippen LogP contribution in [0, 0.1) is 11.3 Å². The van der Waals surface area contributed by atoms with Crippen molar-refractivity contribution in [1.82, 2.24) is 19.1 Å². The van der Waals surface area contributed by atoms with Crippen LogP contribution in [0.3, 0.4) is 0 Å². The number of aromatic nitrogens is 4. The molecular weight excluding hydrogens is 454 g/mol. The molecule has 33 heavy (non-hydrogen) atoms. The molecule has 5 rings (SSSR count). The molecule has 0 aliphatic heterocycles. The molecule has 162 valence electrons. The quantitative estimate of drug-likeness (QED) is 0.315. The first-order chi connectivity index (χ1) is 16.1. The third-order valence-corrected chi connectivity index (χ3v) is 6.57. The summed E-state index contributed by atoms with van der Waals surface area (Å²) in [5.74, 6) is 0.940. The maximum atomic E-state index is 13.0. The summed E-state index contributed by atoms with van der Waals surface area (Å²) in [4.78, 5) is 22.5. The minimum Gasteiger partial charge on any atom is -0.314 e. The van der Waals surface area contributed by atoms with E-state index in [1.807, 2.05) is 48.5 Å². The summed E-state index contributed by atoms with van der Waals surface area (Å²) in [6.07, 6.45) is 0. The molecule has 0 atom stereocenters. The standard InChI is InChI=1S/C25H18ClN5OS/c26-18-10-11-22-21(14-18)29-25(31(22)15-17-6-2-1-3-7-17)33-16-23-28-20-9-5-4-8-19(20)24(32)30(23)13-12-27/h1-11,14H,13,15-16H2. The van der Waals surface area contributed by atoms with Crippen LogP contribution in [0.15, 0.2) is 82.7 Å². The first-order valence-corrected chi connectivity index (χ1v) is 11.7. The van der Waals surface area contributed by atoms with Gasteiger partial charge in [0.05, 0.1) is 40.3 Å². The number of fused-ring (bicyclic) bond motifs is 2. The molecule has 2 heterocycles. The predicted molar refractivity (Wildman–Crippen MR) is 131 cm³/mol. The number of rotatable bonds is 6. The predicted octanol–water partition coefficient (Wildman–Crippen LogP) is 5.26. The first-order valence-electron chi connectivity index (χ1n) is 10.3. The summed E-state index contributed by atoms with van der Waals surface area (Å²) in [6, 6.07) is 25.1. The molecule has 5 aromatic rings. The van der Waals surface area contributed by atoms with Gasteiger partial charge in [-0.25, -0.2) is 9.97 Å². The van der Waals surface area contributed by atoms with Gasteiger partial charge in [0.2, 0.25) is 0 Å². The van der Waals surface area contributed by atoms with Gasteiger partial charge < -0.3 is 4.57 Å². The third-order valence-electron chi connectivity index (χ3n) is 5.36. The van der Waals surface area contributed by atoms with Crippen LogP contribution in [0.25, 0.3) is 21.9 Å². The number of imidazole rings is 1. The Hall–Kier alpha value is -3.60. The highest BCUT2D eigenvalue weighted by Gasteiger charge is 2.16. The fourth-order valence-corrected chi connectivity index (χ4v) is 4.92. The Morgan fingerprint density at radius 1 is 0.939 bits per heavy atom. The lowest BCUT2D eigenvalue weighted by molar-refractivity contribution is 0.719. The van der Waals surface area contributed by atoms with E-state index in [1.54, 1.807) is 12.1 Å². The number of thioether (sulfide) groups is 1. The monoisotopic (exact) mass is 471 g/mol. The molecule has 3 aromatic carbocycles. The van der Waals surface area contributed by atoms with Gasteiger partial charge >= 0.3 is 0 Å². The lowest BCUT2D eigenvalue weighted by Crippen LogP contribution is -2.24. The van der Waals surface area contributed by atoms with Gasteiger partial charge in [-0.2, -0.15) is 5.26 Å². The smallest absolute Gasteiger partial charge is 0.262 e. The number of hydrogen-bond donors (Lipinski definition) is 0. The average molecular weight is 472 g/mol. The van der Waals surface area contributed by atoms with Crippen LogP contribution in [0.1, 0.15) is 11.4 Å². The van der Waals surface area contributed by atoms with E-state index in [9.17, 15) is 10.1 Å². The van der Waals surface area contributed by atoms with Crippen molar-refractivity contribution in [3.63, 3.8) is 0 Å². The fraction of sp³-hybridized carbons (Fsp3) is 0.120. The van der Waals surface area contributed by atoms with Crippen molar-refractivity contribution in [2.45, 2.75) is 24.0 Å². The zero-order valence-corrected chi connectivity index (χ0v) is 19.1. The topological polar surface area (TPSA) is 76.5 Å². The number of halogens is 1. The summed E-state index contributed by atoms with van der Waals surface area (Å²) >= 11 is 7.69. The SMILES string of the molecule is N#CCn1c(CSc2nc3cc(Cl)ccc3n2Cc2ccccc2)nc2ccccc2c1=O. The van der Waals surface area contributed by atoms with Crippen LogP contribution in [-0.4, -0.2) is 19.1 Å². The first kappa shape index (κ1) is 21.3. The van der Waals surface area contributed by atoms with E-state index in [0.717, 1.165) is 21.8 Å². The zero-order valence-electron chi connectivity index (χ0n) is 17.5. The molecule has 0 N–H and O–H groups in total. The van der Waals surface area contributed by atoms with Crippen molar-refractivity contribution in [2.24, 2.45) is 0 Å². The summed E-state index contributed by atoms with van der Waals surface area (Å²) in [5, 5.41) is 11.2. The largest absolute Gasteiger partial charge is 0.314 e. The molecule has 6 nitrogen and oxygen atoms in total. The summed E-state index contributed by atoms with van der Waals surface area (Å²) < 4.78 is 3.58. The Labute approximate surface area is 199 Å². The van der Waals surface area contributed by atoms with Crippen molar-refractivity contribution < 1.29 is 0 Å². The van der Waals surface area contributed by atoms with Gasteiger partial charge in [0.15, 0.2) is 5.16 Å². The normalized spacial score (nSPS) is 11.2. The molecule has 0 bridgehead atoms. The number of hydrogen-bond acceptors (Lipinski definition) is 5. The van der Waals surface area contributed by atoms with Crippen molar-refractivity contribution in [2.75, 3.05) is 0 Å². The second kappa shape index (κ2) is 9.10. The molecule has 0 saturated carbocycles. The molecule has 0 saturated heterocycles. The minimum absolute atomic E-state index is 0.0530. The summed E-state index contributed by atoms with van der Waals surface area (Å²) in [7, 11) is 0. The molecule has 0 radical (unpaired) electrons. The van der Waals surface area contributed by atoms with E-state index in [0.29, 0.717) is 34.0 Å². The van der Waals surface area contributed by atoms with Crippen molar-refractivity contribution in [3.05, 3.63) is 99.6 Å². The number of nitriles is 1. The van der Waals surface area contributed by atoms with Gasteiger partial charge in [-0.05, 0) is 35.9 Å². The van der Waals surface area contributed by atoms with Crippen molar-refractivity contribution in [1.29, 1.82) is 5.26 Å². The molecule has 0 amide bonds. The van der Waals surface area contributed by atoms with E-state index in [1.165, 1.54) is 16.3 Å². The average Bonchev–Trinajstić information content (AvgIpc) is 3.16. The summed E-state index contributed by atoms with van der Waals surface area (Å²) in [6.45, 7) is 0.597. The van der Waals surface area contributed by atoms with Crippen LogP contribution in [0.2, 0.25) is 5.02 Å². The fourth-order valence-electron chi connectivity index (χ4n) is 3.80. The number of para-hydroxylation sites is 1. The van der Waals surface area contributed by atoms with Gasteiger partial charge in [0.1, 0.15) is 12.4 Å². The zero-order chi connectivity index (χ0) is 22.8. The van der Waals surface area contributed by atoms with Gasteiger partial charge in [-0.1, -0.05) is 65.8 Å². The second-order valence-electron chi connectivity index (χ2n) is 7.48. The van der Waals surface area contributed by atoms with Gasteiger partial charge in [0, 0.05) is 5.02 Å². The Morgan fingerprint density at radius 3 is 2.55 bits per heavy atom. The van der Waals surface area contributed by atoms with Gasteiger partial charge in [0.25, 0.3) is 5.56 Å². The number of benzene rings is 3. The number of nitrogens with zero attached hydrogens (tertiary/aromatic N) is 5. The second-order valence-corrected chi connectivity index (χ2v) is 8.86. The summed E-state index contributed by atoms with van der Waals surface area (Å²) in [5.41, 5.74) is 3.35. The molecule has 0 aliphatic carbocycles. The lowest BCUT2D eigenvalue weighted by atomic mass is 10.2. The minimum atomic E-state index is -0.206. The molecular formula is C25H18ClN5OS. The molecule has 8 heteroatoms. The maximum Gasteiger partial charge on any atom is 0.262 e. The molecule has 0 fully saturated rings. The Balaban J connectivity index is 1.55. The van der Waals surface area contributed by atoms with E-state index in [2.05, 4.69) is 27.8 Å². The Kier molecular flexibility index (Phi) is 5.86.